The van der Waals surface area contributed by atoms with Crippen molar-refractivity contribution >= 4 is 43.6 Å². The Balaban J connectivity index is 1.27. The third-order valence-corrected chi connectivity index (χ3v) is 7.47. The first-order chi connectivity index (χ1) is 18.4. The molecule has 0 spiro atoms. The largest absolute Gasteiger partial charge is 0.489 e. The Labute approximate surface area is 224 Å². The van der Waals surface area contributed by atoms with Crippen LogP contribution in [0, 0.1) is 0 Å². The van der Waals surface area contributed by atoms with Crippen LogP contribution in [0.3, 0.4) is 0 Å². The number of hydrogen-bond donors (Lipinski definition) is 2. The Morgan fingerprint density at radius 2 is 1.82 bits per heavy atom. The van der Waals surface area contributed by atoms with E-state index in [0.717, 1.165) is 33.1 Å². The van der Waals surface area contributed by atoms with Gasteiger partial charge in [-0.1, -0.05) is 30.3 Å². The summed E-state index contributed by atoms with van der Waals surface area (Å²) in [4.78, 5) is 18.0. The van der Waals surface area contributed by atoms with E-state index >= 15 is 0 Å². The van der Waals surface area contributed by atoms with Crippen LogP contribution in [0.5, 0.6) is 5.75 Å². The van der Waals surface area contributed by atoms with Crippen molar-refractivity contribution < 1.29 is 13.2 Å². The van der Waals surface area contributed by atoms with Gasteiger partial charge in [-0.2, -0.15) is 0 Å². The molecule has 3 heterocycles. The molecule has 0 aliphatic rings. The molecule has 11 heteroatoms. The van der Waals surface area contributed by atoms with Crippen molar-refractivity contribution in [1.82, 2.24) is 25.3 Å². The van der Waals surface area contributed by atoms with E-state index in [0.29, 0.717) is 36.7 Å². The van der Waals surface area contributed by atoms with Gasteiger partial charge in [-0.25, -0.2) is 23.4 Å². The van der Waals surface area contributed by atoms with Gasteiger partial charge in [0.25, 0.3) is 0 Å². The third-order valence-electron chi connectivity index (χ3n) is 5.61. The molecule has 194 valence electrons. The molecule has 0 bridgehead atoms. The predicted octanol–water partition coefficient (Wildman–Crippen LogP) is 4.61. The number of hydrogen-bond acceptors (Lipinski definition) is 10. The van der Waals surface area contributed by atoms with Gasteiger partial charge < -0.3 is 15.4 Å². The first-order valence-corrected chi connectivity index (χ1v) is 14.8. The second-order valence-electron chi connectivity index (χ2n) is 8.68. The van der Waals surface area contributed by atoms with Crippen LogP contribution < -0.4 is 15.4 Å². The van der Waals surface area contributed by atoms with Gasteiger partial charge in [-0.3, -0.25) is 4.98 Å². The SMILES string of the molecule is CS(=O)(=O)CCNCc1csc(-c2cc3c(Nc4ccc(OCc5ccccc5)cc4)ncnc3cn2)n1. The lowest BCUT2D eigenvalue weighted by Gasteiger charge is -2.10. The summed E-state index contributed by atoms with van der Waals surface area (Å²) in [5.74, 6) is 1.54. The second kappa shape index (κ2) is 11.6. The van der Waals surface area contributed by atoms with Crippen LogP contribution in [0.4, 0.5) is 11.5 Å². The molecule has 5 rings (SSSR count). The van der Waals surface area contributed by atoms with Gasteiger partial charge in [0.05, 0.1) is 28.9 Å². The van der Waals surface area contributed by atoms with E-state index in [-0.39, 0.29) is 5.75 Å². The van der Waals surface area contributed by atoms with Crippen molar-refractivity contribution in [3.05, 3.63) is 89.8 Å². The fourth-order valence-electron chi connectivity index (χ4n) is 3.67. The summed E-state index contributed by atoms with van der Waals surface area (Å²) < 4.78 is 28.5. The fourth-order valence-corrected chi connectivity index (χ4v) is 4.97. The molecule has 0 atom stereocenters. The van der Waals surface area contributed by atoms with Crippen LogP contribution in [0.1, 0.15) is 11.3 Å². The Kier molecular flexibility index (Phi) is 7.87. The first-order valence-electron chi connectivity index (χ1n) is 11.9. The summed E-state index contributed by atoms with van der Waals surface area (Å²) in [7, 11) is -2.99. The standard InChI is InChI=1S/C27H26N6O3S2/c1-38(34,35)12-11-28-14-21-17-37-27(33-21)24-13-23-25(15-29-24)30-18-31-26(23)32-20-7-9-22(10-8-20)36-16-19-5-3-2-4-6-19/h2-10,13,15,17-18,28H,11-12,14,16H2,1H3,(H,30,31,32). The van der Waals surface area contributed by atoms with Gasteiger partial charge in [0, 0.05) is 35.8 Å². The monoisotopic (exact) mass is 546 g/mol. The zero-order valence-electron chi connectivity index (χ0n) is 20.7. The third kappa shape index (κ3) is 6.88. The lowest BCUT2D eigenvalue weighted by molar-refractivity contribution is 0.306. The summed E-state index contributed by atoms with van der Waals surface area (Å²) in [5.41, 5.74) is 4.24. The average Bonchev–Trinajstić information content (AvgIpc) is 3.40. The van der Waals surface area contributed by atoms with E-state index in [1.165, 1.54) is 23.9 Å². The molecule has 5 aromatic rings. The highest BCUT2D eigenvalue weighted by atomic mass is 32.2. The van der Waals surface area contributed by atoms with Crippen LogP contribution in [0.25, 0.3) is 21.6 Å². The van der Waals surface area contributed by atoms with E-state index in [2.05, 4.69) is 30.6 Å². The number of sulfone groups is 1. The molecule has 0 aliphatic carbocycles. The van der Waals surface area contributed by atoms with Crippen LogP contribution in [0.2, 0.25) is 0 Å². The number of anilines is 2. The van der Waals surface area contributed by atoms with E-state index < -0.39 is 9.84 Å². The highest BCUT2D eigenvalue weighted by Crippen LogP contribution is 2.29. The number of fused-ring (bicyclic) bond motifs is 1. The lowest BCUT2D eigenvalue weighted by atomic mass is 10.2. The molecular formula is C27H26N6O3S2. The van der Waals surface area contributed by atoms with E-state index in [9.17, 15) is 8.42 Å². The molecule has 3 aromatic heterocycles. The van der Waals surface area contributed by atoms with Crippen LogP contribution in [-0.2, 0) is 23.0 Å². The van der Waals surface area contributed by atoms with Gasteiger partial charge in [0.2, 0.25) is 0 Å². The Morgan fingerprint density at radius 1 is 1.00 bits per heavy atom. The second-order valence-corrected chi connectivity index (χ2v) is 11.8. The highest BCUT2D eigenvalue weighted by Gasteiger charge is 2.11. The molecule has 0 unspecified atom stereocenters. The summed E-state index contributed by atoms with van der Waals surface area (Å²) in [6, 6.07) is 19.7. The molecule has 38 heavy (non-hydrogen) atoms. The molecule has 0 radical (unpaired) electrons. The molecule has 0 saturated carbocycles. The Bertz CT molecular complexity index is 1620. The van der Waals surface area contributed by atoms with Crippen molar-refractivity contribution in [1.29, 1.82) is 0 Å². The first kappa shape index (κ1) is 25.7. The molecule has 9 nitrogen and oxygen atoms in total. The maximum Gasteiger partial charge on any atom is 0.148 e. The number of pyridine rings is 1. The average molecular weight is 547 g/mol. The normalized spacial score (nSPS) is 11.5. The zero-order chi connectivity index (χ0) is 26.4. The number of thiazole rings is 1. The van der Waals surface area contributed by atoms with E-state index in [1.54, 1.807) is 6.20 Å². The van der Waals surface area contributed by atoms with Gasteiger partial charge in [0.1, 0.15) is 39.3 Å². The fraction of sp³-hybridized carbons (Fsp3) is 0.185. The minimum atomic E-state index is -2.99. The lowest BCUT2D eigenvalue weighted by Crippen LogP contribution is -2.22. The van der Waals surface area contributed by atoms with Gasteiger partial charge in [0.15, 0.2) is 0 Å². The van der Waals surface area contributed by atoms with Gasteiger partial charge in [-0.05, 0) is 35.9 Å². The van der Waals surface area contributed by atoms with Crippen molar-refractivity contribution in [2.75, 3.05) is 23.9 Å². The van der Waals surface area contributed by atoms with Crippen LogP contribution >= 0.6 is 11.3 Å². The number of nitrogens with one attached hydrogen (secondary N) is 2. The number of rotatable bonds is 11. The van der Waals surface area contributed by atoms with E-state index in [4.69, 9.17) is 4.74 Å². The summed E-state index contributed by atoms with van der Waals surface area (Å²) in [6.07, 6.45) is 4.45. The maximum atomic E-state index is 11.3. The smallest absolute Gasteiger partial charge is 0.148 e. The maximum absolute atomic E-state index is 11.3. The Hall–Kier alpha value is -3.93. The molecule has 0 fully saturated rings. The molecule has 2 N–H and O–H groups in total. The van der Waals surface area contributed by atoms with Crippen LogP contribution in [0.15, 0.2) is 78.6 Å². The van der Waals surface area contributed by atoms with E-state index in [1.807, 2.05) is 66.0 Å². The topological polar surface area (TPSA) is 119 Å². The number of aromatic nitrogens is 4. The minimum absolute atomic E-state index is 0.0927. The summed E-state index contributed by atoms with van der Waals surface area (Å²) in [5, 5.41) is 10.0. The molecule has 0 aliphatic heterocycles. The highest BCUT2D eigenvalue weighted by molar-refractivity contribution is 7.90. The summed E-state index contributed by atoms with van der Waals surface area (Å²) in [6.45, 7) is 1.38. The predicted molar refractivity (Wildman–Crippen MR) is 150 cm³/mol. The van der Waals surface area contributed by atoms with Crippen molar-refractivity contribution in [2.45, 2.75) is 13.2 Å². The van der Waals surface area contributed by atoms with Crippen LogP contribution in [-0.4, -0.2) is 46.9 Å². The molecule has 0 amide bonds. The molecule has 0 saturated heterocycles. The molecule has 2 aromatic carbocycles. The van der Waals surface area contributed by atoms with Gasteiger partial charge in [-0.15, -0.1) is 11.3 Å². The van der Waals surface area contributed by atoms with Crippen molar-refractivity contribution in [3.63, 3.8) is 0 Å². The minimum Gasteiger partial charge on any atom is -0.489 e. The number of benzene rings is 2. The Morgan fingerprint density at radius 3 is 2.61 bits per heavy atom. The zero-order valence-corrected chi connectivity index (χ0v) is 22.3. The van der Waals surface area contributed by atoms with Gasteiger partial charge >= 0.3 is 0 Å². The number of ether oxygens (including phenoxy) is 1. The van der Waals surface area contributed by atoms with Crippen molar-refractivity contribution in [3.8, 4) is 16.5 Å². The molecular weight excluding hydrogens is 520 g/mol. The van der Waals surface area contributed by atoms with Crippen molar-refractivity contribution in [2.24, 2.45) is 0 Å². The quantitative estimate of drug-likeness (QED) is 0.229. The number of nitrogens with zero attached hydrogens (tertiary/aromatic N) is 4. The summed E-state index contributed by atoms with van der Waals surface area (Å²) >= 11 is 1.48.